The van der Waals surface area contributed by atoms with Crippen molar-refractivity contribution in [1.82, 2.24) is 0 Å². The van der Waals surface area contributed by atoms with E-state index in [1.54, 1.807) is 6.08 Å². The summed E-state index contributed by atoms with van der Waals surface area (Å²) in [4.78, 5) is 3.76. The molecule has 0 saturated carbocycles. The minimum absolute atomic E-state index is 0.486. The van der Waals surface area contributed by atoms with Gasteiger partial charge in [0.2, 0.25) is 0 Å². The van der Waals surface area contributed by atoms with Gasteiger partial charge in [0.15, 0.2) is 0 Å². The fourth-order valence-corrected chi connectivity index (χ4v) is 0.311. The number of nitrogens with two attached hydrogens (primary N) is 1. The monoisotopic (exact) mass is 163 g/mol. The first-order valence-electron chi connectivity index (χ1n) is 1.85. The first kappa shape index (κ1) is 6.73. The Kier molecular flexibility index (Phi) is 3.75. The number of rotatable bonds is 2. The zero-order chi connectivity index (χ0) is 5.70. The molecular formula is C4H7N2Se. The molecule has 0 aliphatic rings. The van der Waals surface area contributed by atoms with Crippen molar-refractivity contribution in [2.75, 3.05) is 6.54 Å². The van der Waals surface area contributed by atoms with Gasteiger partial charge in [-0.15, -0.1) is 0 Å². The van der Waals surface area contributed by atoms with E-state index in [-0.39, 0.29) is 0 Å². The fourth-order valence-electron chi connectivity index (χ4n) is 0.155. The Morgan fingerprint density at radius 2 is 2.57 bits per heavy atom. The van der Waals surface area contributed by atoms with Crippen molar-refractivity contribution in [2.45, 2.75) is 0 Å². The van der Waals surface area contributed by atoms with E-state index in [1.165, 1.54) is 0 Å². The fraction of sp³-hybridized carbons (Fsp3) is 0.250. The molecule has 39 valence electrons. The average molecular weight is 162 g/mol. The van der Waals surface area contributed by atoms with Crippen LogP contribution < -0.4 is 5.73 Å². The molecule has 2 N–H and O–H groups in total. The van der Waals surface area contributed by atoms with E-state index in [2.05, 4.69) is 27.6 Å². The predicted molar refractivity (Wildman–Crippen MR) is 32.4 cm³/mol. The molecule has 0 atom stereocenters. The summed E-state index contributed by atoms with van der Waals surface area (Å²) in [5.74, 6) is 0. The van der Waals surface area contributed by atoms with Gasteiger partial charge < -0.3 is 0 Å². The van der Waals surface area contributed by atoms with Crippen LogP contribution in [0.2, 0.25) is 0 Å². The Balaban J connectivity index is 3.25. The average Bonchev–Trinajstić information content (AvgIpc) is 1.61. The zero-order valence-electron chi connectivity index (χ0n) is 3.92. The van der Waals surface area contributed by atoms with Crippen LogP contribution in [0.15, 0.2) is 17.6 Å². The van der Waals surface area contributed by atoms with Gasteiger partial charge >= 0.3 is 50.7 Å². The van der Waals surface area contributed by atoms with Gasteiger partial charge in [0.05, 0.1) is 0 Å². The summed E-state index contributed by atoms with van der Waals surface area (Å²) in [5.41, 5.74) is 5.13. The van der Waals surface area contributed by atoms with Crippen molar-refractivity contribution >= 4 is 20.7 Å². The summed E-state index contributed by atoms with van der Waals surface area (Å²) in [6, 6.07) is 0. The van der Waals surface area contributed by atoms with Gasteiger partial charge in [0, 0.05) is 0 Å². The molecular weight excluding hydrogens is 155 g/mol. The van der Waals surface area contributed by atoms with Crippen LogP contribution in [-0.4, -0.2) is 27.3 Å². The van der Waals surface area contributed by atoms with Crippen LogP contribution in [0.1, 0.15) is 0 Å². The molecule has 0 aliphatic carbocycles. The van der Waals surface area contributed by atoms with Crippen LogP contribution in [-0.2, 0) is 0 Å². The molecule has 0 aromatic rings. The van der Waals surface area contributed by atoms with E-state index < -0.39 is 0 Å². The molecule has 3 heteroatoms. The first-order valence-corrected chi connectivity index (χ1v) is 2.71. The summed E-state index contributed by atoms with van der Waals surface area (Å²) in [6.45, 7) is 4.05. The molecule has 0 saturated heterocycles. The third-order valence-corrected chi connectivity index (χ3v) is 0.647. The molecule has 0 aromatic carbocycles. The second-order valence-electron chi connectivity index (χ2n) is 0.968. The SMILES string of the molecule is C=CCN=C(N)[Se]. The van der Waals surface area contributed by atoms with Crippen molar-refractivity contribution in [1.29, 1.82) is 0 Å². The number of hydrogen-bond donors (Lipinski definition) is 1. The predicted octanol–water partition coefficient (Wildman–Crippen LogP) is -0.344. The summed E-state index contributed by atoms with van der Waals surface area (Å²) in [5, 5.41) is 0. The molecule has 0 aromatic heterocycles. The molecule has 7 heavy (non-hydrogen) atoms. The van der Waals surface area contributed by atoms with Crippen LogP contribution in [0.4, 0.5) is 0 Å². The Bertz CT molecular complexity index is 83.7. The number of nitrogens with zero attached hydrogens (tertiary/aromatic N) is 1. The standard InChI is InChI=1S/C4H7N2Se/c1-2-3-6-4(5)7/h2H,1,3H2,(H2,5,6). The normalized spacial score (nSPS) is 11.1. The molecule has 0 aliphatic heterocycles. The van der Waals surface area contributed by atoms with E-state index in [0.717, 1.165) is 0 Å². The molecule has 0 spiro atoms. The van der Waals surface area contributed by atoms with E-state index in [4.69, 9.17) is 5.73 Å². The zero-order valence-corrected chi connectivity index (χ0v) is 5.64. The molecule has 0 unspecified atom stereocenters. The van der Waals surface area contributed by atoms with Gasteiger partial charge in [0.25, 0.3) is 0 Å². The number of hydrogen-bond acceptors (Lipinski definition) is 1. The van der Waals surface area contributed by atoms with E-state index in [9.17, 15) is 0 Å². The Hall–Kier alpha value is -0.271. The van der Waals surface area contributed by atoms with Crippen molar-refractivity contribution in [3.05, 3.63) is 12.7 Å². The Morgan fingerprint density at radius 1 is 2.00 bits per heavy atom. The van der Waals surface area contributed by atoms with E-state index >= 15 is 0 Å². The summed E-state index contributed by atoms with van der Waals surface area (Å²) >= 11 is 2.55. The molecule has 2 nitrogen and oxygen atoms in total. The van der Waals surface area contributed by atoms with Crippen LogP contribution in [0.25, 0.3) is 0 Å². The first-order chi connectivity index (χ1) is 3.27. The van der Waals surface area contributed by atoms with Gasteiger partial charge in [0.1, 0.15) is 0 Å². The minimum atomic E-state index is 0.486. The van der Waals surface area contributed by atoms with Gasteiger partial charge in [-0.25, -0.2) is 0 Å². The van der Waals surface area contributed by atoms with Crippen LogP contribution in [0.5, 0.6) is 0 Å². The Labute approximate surface area is 51.3 Å². The Morgan fingerprint density at radius 3 is 2.71 bits per heavy atom. The maximum atomic E-state index is 5.13. The molecule has 0 heterocycles. The molecule has 0 fully saturated rings. The van der Waals surface area contributed by atoms with Crippen molar-refractivity contribution in [3.8, 4) is 0 Å². The molecule has 0 amide bonds. The number of aliphatic imine (C=N–C) groups is 1. The van der Waals surface area contributed by atoms with Gasteiger partial charge in [-0.1, -0.05) is 0 Å². The quantitative estimate of drug-likeness (QED) is 0.256. The van der Waals surface area contributed by atoms with Crippen molar-refractivity contribution in [3.63, 3.8) is 0 Å². The second kappa shape index (κ2) is 3.90. The summed E-state index contributed by atoms with van der Waals surface area (Å²) in [7, 11) is 0. The van der Waals surface area contributed by atoms with Gasteiger partial charge in [-0.05, 0) is 0 Å². The summed E-state index contributed by atoms with van der Waals surface area (Å²) in [6.07, 6.45) is 1.68. The topological polar surface area (TPSA) is 38.4 Å². The van der Waals surface area contributed by atoms with Crippen molar-refractivity contribution in [2.24, 2.45) is 10.7 Å². The third-order valence-electron chi connectivity index (χ3n) is 0.376. The molecule has 1 radical (unpaired) electrons. The summed E-state index contributed by atoms with van der Waals surface area (Å²) < 4.78 is 0.486. The van der Waals surface area contributed by atoms with Crippen LogP contribution in [0.3, 0.4) is 0 Å². The molecule has 0 bridgehead atoms. The number of amidine groups is 1. The van der Waals surface area contributed by atoms with Gasteiger partial charge in [-0.3, -0.25) is 0 Å². The van der Waals surface area contributed by atoms with Crippen LogP contribution in [0, 0.1) is 0 Å². The third kappa shape index (κ3) is 5.73. The molecule has 0 rings (SSSR count). The maximum absolute atomic E-state index is 5.13. The van der Waals surface area contributed by atoms with E-state index in [1.807, 2.05) is 0 Å². The van der Waals surface area contributed by atoms with Crippen molar-refractivity contribution < 1.29 is 0 Å². The van der Waals surface area contributed by atoms with E-state index in [0.29, 0.717) is 11.3 Å². The second-order valence-corrected chi connectivity index (χ2v) is 1.85. The van der Waals surface area contributed by atoms with Crippen LogP contribution >= 0.6 is 0 Å². The van der Waals surface area contributed by atoms with Gasteiger partial charge in [-0.2, -0.15) is 0 Å².